The lowest BCUT2D eigenvalue weighted by Gasteiger charge is -2.27. The predicted octanol–water partition coefficient (Wildman–Crippen LogP) is 3.59. The van der Waals surface area contributed by atoms with Gasteiger partial charge < -0.3 is 29.6 Å². The Morgan fingerprint density at radius 3 is 2.71 bits per heavy atom. The number of hydrogen-bond acceptors (Lipinski definition) is 10. The number of hydrogen-bond donors (Lipinski definition) is 2. The fourth-order valence-electron chi connectivity index (χ4n) is 6.33. The Kier molecular flexibility index (Phi) is 7.08. The molecule has 1 aliphatic carbocycles. The molecule has 1 aromatic carbocycles. The van der Waals surface area contributed by atoms with Crippen molar-refractivity contribution in [3.05, 3.63) is 58.6 Å². The zero-order valence-electron chi connectivity index (χ0n) is 28.0. The van der Waals surface area contributed by atoms with Gasteiger partial charge in [-0.1, -0.05) is 0 Å². The topological polar surface area (TPSA) is 134 Å². The molecule has 0 radical (unpaired) electrons. The number of ether oxygens (including phenoxy) is 4. The van der Waals surface area contributed by atoms with Crippen LogP contribution in [0.1, 0.15) is 35.0 Å². The van der Waals surface area contributed by atoms with E-state index in [-0.39, 0.29) is 17.6 Å². The number of carbonyl (C=O) groups excluding carboxylic acids is 1. The summed E-state index contributed by atoms with van der Waals surface area (Å²) in [6.45, 7) is 1.93. The van der Waals surface area contributed by atoms with Gasteiger partial charge in [-0.15, -0.1) is 0 Å². The number of morpholine rings is 1. The van der Waals surface area contributed by atoms with E-state index in [1.54, 1.807) is 6.07 Å². The fourth-order valence-corrected chi connectivity index (χ4v) is 6.33. The van der Waals surface area contributed by atoms with Crippen molar-refractivity contribution >= 4 is 28.8 Å². The Bertz CT molecular complexity index is 1890. The molecule has 45 heavy (non-hydrogen) atoms. The molecule has 2 atom stereocenters. The number of nitrogens with one attached hydrogen (secondary N) is 2. The van der Waals surface area contributed by atoms with Crippen molar-refractivity contribution in [2.75, 3.05) is 51.9 Å². The molecule has 236 valence electrons. The van der Waals surface area contributed by atoms with E-state index in [1.165, 1.54) is 17.9 Å². The van der Waals surface area contributed by atoms with Crippen LogP contribution in [0.2, 0.25) is 0 Å². The van der Waals surface area contributed by atoms with Crippen molar-refractivity contribution in [2.24, 2.45) is 6.98 Å². The first-order chi connectivity index (χ1) is 23.2. The first-order valence-corrected chi connectivity index (χ1v) is 15.1. The Labute approximate surface area is 264 Å². The van der Waals surface area contributed by atoms with Crippen LogP contribution in [-0.4, -0.2) is 82.8 Å². The summed E-state index contributed by atoms with van der Waals surface area (Å²) < 4.78 is 48.4. The molecule has 1 amide bonds. The van der Waals surface area contributed by atoms with Crippen LogP contribution in [0.3, 0.4) is 0 Å². The highest BCUT2D eigenvalue weighted by molar-refractivity contribution is 5.79. The summed E-state index contributed by atoms with van der Waals surface area (Å²) in [4.78, 5) is 37.3. The van der Waals surface area contributed by atoms with E-state index in [1.807, 2.05) is 24.3 Å². The van der Waals surface area contributed by atoms with Crippen molar-refractivity contribution in [2.45, 2.75) is 37.9 Å². The molecule has 1 saturated carbocycles. The summed E-state index contributed by atoms with van der Waals surface area (Å²) in [5, 5.41) is 6.11. The zero-order valence-corrected chi connectivity index (χ0v) is 25.0. The lowest BCUT2D eigenvalue weighted by Crippen LogP contribution is -2.35. The molecule has 13 nitrogen and oxygen atoms in total. The number of rotatable bonds is 7. The number of pyridine rings is 2. The molecule has 0 spiro atoms. The second kappa shape index (κ2) is 12.4. The summed E-state index contributed by atoms with van der Waals surface area (Å²) >= 11 is 0. The van der Waals surface area contributed by atoms with E-state index in [9.17, 15) is 9.59 Å². The van der Waals surface area contributed by atoms with Gasteiger partial charge >= 0.3 is 11.8 Å². The van der Waals surface area contributed by atoms with Crippen LogP contribution in [0.4, 0.5) is 16.4 Å². The number of imidazole rings is 1. The lowest BCUT2D eigenvalue weighted by molar-refractivity contribution is 0.0342. The minimum atomic E-state index is -2.71. The number of aryl methyl sites for hydroxylation is 1. The average Bonchev–Trinajstić information content (AvgIpc) is 3.65. The molecule has 13 heteroatoms. The van der Waals surface area contributed by atoms with Crippen LogP contribution in [0.5, 0.6) is 11.5 Å². The SMILES string of the molecule is [2H]C([2H])([2H])n1c(=O)n([C@@H]2CC[C@@H](NC(=O)OC)C2)c2cc(Nc3cc(CN4CCOCC4)cc(-c4ccc5c(c4)OCCO5)n3)ncc21. The Balaban J connectivity index is 1.25. The molecular weight excluding hydrogens is 578 g/mol. The molecule has 3 aromatic heterocycles. The van der Waals surface area contributed by atoms with Gasteiger partial charge in [0.25, 0.3) is 0 Å². The quantitative estimate of drug-likeness (QED) is 0.317. The second-order valence-electron chi connectivity index (χ2n) is 11.5. The third-order valence-electron chi connectivity index (χ3n) is 8.53. The summed E-state index contributed by atoms with van der Waals surface area (Å²) in [5.74, 6) is 2.28. The van der Waals surface area contributed by atoms with E-state index >= 15 is 0 Å². The highest BCUT2D eigenvalue weighted by Crippen LogP contribution is 2.36. The largest absolute Gasteiger partial charge is 0.486 e. The van der Waals surface area contributed by atoms with E-state index in [0.717, 1.165) is 34.5 Å². The van der Waals surface area contributed by atoms with Gasteiger partial charge in [-0.25, -0.2) is 19.6 Å². The maximum Gasteiger partial charge on any atom is 0.407 e. The number of benzene rings is 1. The molecule has 2 N–H and O–H groups in total. The van der Waals surface area contributed by atoms with E-state index in [0.29, 0.717) is 80.9 Å². The Hall–Kier alpha value is -4.62. The molecule has 0 unspecified atom stereocenters. The third kappa shape index (κ3) is 6.05. The van der Waals surface area contributed by atoms with Gasteiger partial charge in [-0.3, -0.25) is 14.0 Å². The molecule has 7 rings (SSSR count). The summed E-state index contributed by atoms with van der Waals surface area (Å²) in [7, 11) is 1.30. The minimum Gasteiger partial charge on any atom is -0.486 e. The smallest absolute Gasteiger partial charge is 0.407 e. The van der Waals surface area contributed by atoms with Gasteiger partial charge in [-0.05, 0) is 55.2 Å². The molecular formula is C32H37N7O6. The minimum absolute atomic E-state index is 0.195. The van der Waals surface area contributed by atoms with Gasteiger partial charge in [0.2, 0.25) is 0 Å². The molecule has 3 aliphatic rings. The van der Waals surface area contributed by atoms with Crippen LogP contribution in [0.15, 0.2) is 47.4 Å². The number of fused-ring (bicyclic) bond motifs is 2. The van der Waals surface area contributed by atoms with Crippen LogP contribution >= 0.6 is 0 Å². The number of carbonyl (C=O) groups is 1. The number of anilines is 2. The van der Waals surface area contributed by atoms with Crippen molar-refractivity contribution in [1.29, 1.82) is 0 Å². The Morgan fingerprint density at radius 2 is 1.89 bits per heavy atom. The van der Waals surface area contributed by atoms with Crippen LogP contribution in [0, 0.1) is 0 Å². The highest BCUT2D eigenvalue weighted by Gasteiger charge is 2.30. The molecule has 1 saturated heterocycles. The van der Waals surface area contributed by atoms with E-state index in [2.05, 4.69) is 26.6 Å². The molecule has 4 aromatic rings. The number of amides is 1. The van der Waals surface area contributed by atoms with Gasteiger partial charge in [-0.2, -0.15) is 0 Å². The van der Waals surface area contributed by atoms with Crippen LogP contribution < -0.4 is 25.8 Å². The lowest BCUT2D eigenvalue weighted by atomic mass is 10.1. The Morgan fingerprint density at radius 1 is 1.04 bits per heavy atom. The third-order valence-corrected chi connectivity index (χ3v) is 8.53. The maximum absolute atomic E-state index is 13.7. The van der Waals surface area contributed by atoms with Crippen molar-refractivity contribution in [1.82, 2.24) is 29.3 Å². The summed E-state index contributed by atoms with van der Waals surface area (Å²) in [6, 6.07) is 10.9. The molecule has 2 aliphatic heterocycles. The van der Waals surface area contributed by atoms with Crippen molar-refractivity contribution in [3.63, 3.8) is 0 Å². The molecule has 2 fully saturated rings. The van der Waals surface area contributed by atoms with Crippen LogP contribution in [0.25, 0.3) is 22.3 Å². The summed E-state index contributed by atoms with van der Waals surface area (Å²) in [5.41, 5.74) is 2.58. The van der Waals surface area contributed by atoms with Gasteiger partial charge in [0.05, 0.1) is 43.2 Å². The maximum atomic E-state index is 13.7. The van der Waals surface area contributed by atoms with Gasteiger partial charge in [0.15, 0.2) is 11.5 Å². The normalized spacial score (nSPS) is 21.1. The first-order valence-electron chi connectivity index (χ1n) is 16.6. The van der Waals surface area contributed by atoms with Gasteiger partial charge in [0.1, 0.15) is 24.8 Å². The highest BCUT2D eigenvalue weighted by atomic mass is 16.6. The number of alkyl carbamates (subject to hydrolysis) is 1. The monoisotopic (exact) mass is 618 g/mol. The average molecular weight is 619 g/mol. The molecule has 5 heterocycles. The van der Waals surface area contributed by atoms with E-state index < -0.39 is 18.8 Å². The number of methoxy groups -OCH3 is 1. The molecule has 0 bridgehead atoms. The predicted molar refractivity (Wildman–Crippen MR) is 167 cm³/mol. The summed E-state index contributed by atoms with van der Waals surface area (Å²) in [6.07, 6.45) is 2.49. The fraction of sp³-hybridized carbons (Fsp3) is 0.438. The van der Waals surface area contributed by atoms with Crippen LogP contribution in [-0.2, 0) is 23.0 Å². The standard InChI is InChI=1S/C32H37N7O6/c1-37-26-18-33-29(17-25(26)39(32(37)41)23-5-4-22(16-23)34-31(40)42-2)36-30-14-20(19-38-7-9-43-10-8-38)13-24(35-30)21-3-6-27-28(15-21)45-12-11-44-27/h3,6,13-15,17-18,22-23H,4-5,7-12,16,19H2,1-2H3,(H,34,40)(H,33,35,36)/t22-,23-/m1/s1/i1D3. The van der Waals surface area contributed by atoms with Crippen molar-refractivity contribution in [3.8, 4) is 22.8 Å². The zero-order chi connectivity index (χ0) is 33.4. The van der Waals surface area contributed by atoms with Gasteiger partial charge in [0, 0.05) is 54.4 Å². The number of aromatic nitrogens is 4. The second-order valence-corrected chi connectivity index (χ2v) is 11.5. The van der Waals surface area contributed by atoms with E-state index in [4.69, 9.17) is 28.0 Å². The number of nitrogens with zero attached hydrogens (tertiary/aromatic N) is 5. The van der Waals surface area contributed by atoms with Crippen molar-refractivity contribution < 1.29 is 27.9 Å². The first kappa shape index (κ1) is 25.7.